The summed E-state index contributed by atoms with van der Waals surface area (Å²) >= 11 is 0. The van der Waals surface area contributed by atoms with Crippen LogP contribution in [0, 0.1) is 0 Å². The molecule has 1 atom stereocenters. The van der Waals surface area contributed by atoms with Gasteiger partial charge in [0.2, 0.25) is 0 Å². The molecule has 1 rings (SSSR count). The van der Waals surface area contributed by atoms with Crippen LogP contribution in [0.5, 0.6) is 0 Å². The van der Waals surface area contributed by atoms with E-state index in [1.165, 1.54) is 0 Å². The highest BCUT2D eigenvalue weighted by atomic mass is 19.4. The second-order valence-corrected chi connectivity index (χ2v) is 4.66. The van der Waals surface area contributed by atoms with Crippen LogP contribution in [0.25, 0.3) is 0 Å². The van der Waals surface area contributed by atoms with Crippen LogP contribution in [0.4, 0.5) is 57.1 Å². The Morgan fingerprint density at radius 2 is 0.957 bits per heavy atom. The number of ether oxygens (including phenoxy) is 1. The first-order valence-corrected chi connectivity index (χ1v) is 5.40. The van der Waals surface area contributed by atoms with Gasteiger partial charge in [-0.25, -0.2) is 0 Å². The Hall–Kier alpha value is -0.950. The molecule has 0 radical (unpaired) electrons. The summed E-state index contributed by atoms with van der Waals surface area (Å²) in [6.07, 6.45) is -11.4. The molecular formula is C9H5F13O. The highest BCUT2D eigenvalue weighted by Crippen LogP contribution is 2.61. The highest BCUT2D eigenvalue weighted by molar-refractivity contribution is 5.10. The fourth-order valence-corrected chi connectivity index (χ4v) is 1.40. The molecule has 0 unspecified atom stereocenters. The Bertz CT molecular complexity index is 447. The summed E-state index contributed by atoms with van der Waals surface area (Å²) < 4.78 is 168. The topological polar surface area (TPSA) is 12.5 Å². The molecule has 138 valence electrons. The summed E-state index contributed by atoms with van der Waals surface area (Å²) in [7, 11) is 0. The molecule has 1 heterocycles. The zero-order chi connectivity index (χ0) is 18.7. The molecule has 1 fully saturated rings. The average molecular weight is 376 g/mol. The van der Waals surface area contributed by atoms with E-state index in [1.807, 2.05) is 0 Å². The Kier molecular flexibility index (Phi) is 4.39. The molecule has 0 aromatic carbocycles. The second-order valence-electron chi connectivity index (χ2n) is 4.66. The summed E-state index contributed by atoms with van der Waals surface area (Å²) in [5, 5.41) is 0. The van der Waals surface area contributed by atoms with Crippen LogP contribution < -0.4 is 0 Å². The molecule has 0 bridgehead atoms. The maximum atomic E-state index is 13.0. The average Bonchev–Trinajstić information content (AvgIpc) is 3.09. The SMILES string of the molecule is FC(F)(F)C(F)(F)C(F)(F)C(F)(F)C(F)(F)C(F)(F)C[C@@H]1CO1. The minimum absolute atomic E-state index is 0.619. The van der Waals surface area contributed by atoms with Crippen molar-refractivity contribution < 1.29 is 61.8 Å². The fraction of sp³-hybridized carbons (Fsp3) is 1.00. The van der Waals surface area contributed by atoms with Crippen molar-refractivity contribution in [3.63, 3.8) is 0 Å². The Labute approximate surface area is 118 Å². The molecule has 1 nitrogen and oxygen atoms in total. The van der Waals surface area contributed by atoms with E-state index in [2.05, 4.69) is 4.74 Å². The van der Waals surface area contributed by atoms with Gasteiger partial charge in [-0.3, -0.25) is 0 Å². The molecule has 0 N–H and O–H groups in total. The lowest BCUT2D eigenvalue weighted by molar-refractivity contribution is -0.440. The standard InChI is InChI=1S/C9H5F13O/c10-4(11,1-3-2-23-3)5(12,13)6(14,15)7(16,17)8(18,19)9(20,21)22/h3H,1-2H2/t3-/m1/s1. The minimum Gasteiger partial charge on any atom is -0.373 e. The van der Waals surface area contributed by atoms with Gasteiger partial charge in [0.25, 0.3) is 0 Å². The molecule has 1 aliphatic rings. The molecular weight excluding hydrogens is 371 g/mol. The normalized spacial score (nSPS) is 21.5. The smallest absolute Gasteiger partial charge is 0.373 e. The molecule has 0 spiro atoms. The Morgan fingerprint density at radius 3 is 1.26 bits per heavy atom. The van der Waals surface area contributed by atoms with Gasteiger partial charge in [0.15, 0.2) is 0 Å². The molecule has 23 heavy (non-hydrogen) atoms. The summed E-state index contributed by atoms with van der Waals surface area (Å²) in [5.74, 6) is -36.5. The van der Waals surface area contributed by atoms with Crippen molar-refractivity contribution in [2.45, 2.75) is 48.3 Å². The van der Waals surface area contributed by atoms with Crippen LogP contribution in [-0.4, -0.2) is 48.5 Å². The van der Waals surface area contributed by atoms with Crippen LogP contribution in [-0.2, 0) is 4.74 Å². The maximum Gasteiger partial charge on any atom is 0.460 e. The van der Waals surface area contributed by atoms with Gasteiger partial charge in [0.1, 0.15) is 0 Å². The quantitative estimate of drug-likeness (QED) is 0.491. The van der Waals surface area contributed by atoms with Crippen LogP contribution in [0.3, 0.4) is 0 Å². The van der Waals surface area contributed by atoms with Crippen molar-refractivity contribution in [3.8, 4) is 0 Å². The molecule has 0 amide bonds. The van der Waals surface area contributed by atoms with E-state index >= 15 is 0 Å². The van der Waals surface area contributed by atoms with Crippen molar-refractivity contribution in [2.75, 3.05) is 6.61 Å². The van der Waals surface area contributed by atoms with Crippen LogP contribution in [0.2, 0.25) is 0 Å². The summed E-state index contributed by atoms with van der Waals surface area (Å²) in [6, 6.07) is 0. The first-order chi connectivity index (χ1) is 9.83. The zero-order valence-electron chi connectivity index (χ0n) is 10.3. The molecule has 0 aromatic rings. The third-order valence-electron chi connectivity index (χ3n) is 2.88. The maximum absolute atomic E-state index is 13.0. The van der Waals surface area contributed by atoms with E-state index in [9.17, 15) is 57.1 Å². The lowest BCUT2D eigenvalue weighted by atomic mass is 9.92. The van der Waals surface area contributed by atoms with E-state index in [0.29, 0.717) is 0 Å². The number of halogens is 13. The van der Waals surface area contributed by atoms with Gasteiger partial charge in [-0.05, 0) is 0 Å². The number of hydrogen-bond acceptors (Lipinski definition) is 1. The van der Waals surface area contributed by atoms with E-state index in [4.69, 9.17) is 0 Å². The van der Waals surface area contributed by atoms with E-state index in [0.717, 1.165) is 0 Å². The fourth-order valence-electron chi connectivity index (χ4n) is 1.40. The van der Waals surface area contributed by atoms with Crippen LogP contribution in [0.15, 0.2) is 0 Å². The van der Waals surface area contributed by atoms with Crippen molar-refractivity contribution in [1.29, 1.82) is 0 Å². The summed E-state index contributed by atoms with van der Waals surface area (Å²) in [6.45, 7) is -0.619. The summed E-state index contributed by atoms with van der Waals surface area (Å²) in [4.78, 5) is 0. The number of alkyl halides is 13. The van der Waals surface area contributed by atoms with Gasteiger partial charge in [-0.2, -0.15) is 57.1 Å². The van der Waals surface area contributed by atoms with E-state index in [1.54, 1.807) is 0 Å². The van der Waals surface area contributed by atoms with Crippen molar-refractivity contribution >= 4 is 0 Å². The minimum atomic E-state index is -7.84. The van der Waals surface area contributed by atoms with Crippen molar-refractivity contribution in [1.82, 2.24) is 0 Å². The zero-order valence-corrected chi connectivity index (χ0v) is 10.3. The van der Waals surface area contributed by atoms with Gasteiger partial charge in [0, 0.05) is 6.42 Å². The molecule has 0 aliphatic carbocycles. The molecule has 14 heteroatoms. The molecule has 1 aliphatic heterocycles. The van der Waals surface area contributed by atoms with Gasteiger partial charge in [-0.1, -0.05) is 0 Å². The van der Waals surface area contributed by atoms with Crippen molar-refractivity contribution in [2.24, 2.45) is 0 Å². The third-order valence-corrected chi connectivity index (χ3v) is 2.88. The van der Waals surface area contributed by atoms with E-state index in [-0.39, 0.29) is 0 Å². The van der Waals surface area contributed by atoms with Crippen LogP contribution >= 0.6 is 0 Å². The molecule has 0 aromatic heterocycles. The van der Waals surface area contributed by atoms with Gasteiger partial charge in [-0.15, -0.1) is 0 Å². The predicted molar refractivity (Wildman–Crippen MR) is 45.1 cm³/mol. The second kappa shape index (κ2) is 5.02. The van der Waals surface area contributed by atoms with Gasteiger partial charge < -0.3 is 4.74 Å². The Morgan fingerprint density at radius 1 is 0.609 bits per heavy atom. The lowest BCUT2D eigenvalue weighted by Crippen LogP contribution is -2.70. The highest BCUT2D eigenvalue weighted by Gasteiger charge is 2.90. The monoisotopic (exact) mass is 376 g/mol. The number of hydrogen-bond donors (Lipinski definition) is 0. The Balaban J connectivity index is 3.30. The third kappa shape index (κ3) is 2.82. The van der Waals surface area contributed by atoms with Crippen molar-refractivity contribution in [3.05, 3.63) is 0 Å². The number of epoxide rings is 1. The first kappa shape index (κ1) is 20.1. The first-order valence-electron chi connectivity index (χ1n) is 5.40. The van der Waals surface area contributed by atoms with Crippen LogP contribution in [0.1, 0.15) is 6.42 Å². The largest absolute Gasteiger partial charge is 0.460 e. The van der Waals surface area contributed by atoms with Gasteiger partial charge in [0.05, 0.1) is 12.7 Å². The molecule has 0 saturated carbocycles. The van der Waals surface area contributed by atoms with Gasteiger partial charge >= 0.3 is 35.8 Å². The lowest BCUT2D eigenvalue weighted by Gasteiger charge is -2.39. The molecule has 1 saturated heterocycles. The number of rotatable bonds is 6. The summed E-state index contributed by atoms with van der Waals surface area (Å²) in [5.41, 5.74) is 0. The van der Waals surface area contributed by atoms with E-state index < -0.39 is 54.9 Å². The predicted octanol–water partition coefficient (Wildman–Crippen LogP) is 4.51.